The lowest BCUT2D eigenvalue weighted by Gasteiger charge is -2.26. The number of halogens is 1. The fraction of sp³-hybridized carbons (Fsp3) is 0.471. The van der Waals surface area contributed by atoms with Gasteiger partial charge in [-0.2, -0.15) is 0 Å². The van der Waals surface area contributed by atoms with E-state index in [9.17, 15) is 4.39 Å². The van der Waals surface area contributed by atoms with E-state index in [1.165, 1.54) is 0 Å². The monoisotopic (exact) mass is 274 g/mol. The Morgan fingerprint density at radius 3 is 2.50 bits per heavy atom. The summed E-state index contributed by atoms with van der Waals surface area (Å²) in [5.74, 6) is 0.254. The molecule has 1 aromatic carbocycles. The van der Waals surface area contributed by atoms with Crippen molar-refractivity contribution in [2.45, 2.75) is 39.5 Å². The van der Waals surface area contributed by atoms with Gasteiger partial charge in [-0.25, -0.2) is 4.39 Å². The Kier molecular flexibility index (Phi) is 4.58. The summed E-state index contributed by atoms with van der Waals surface area (Å²) in [6.07, 6.45) is 4.05. The molecule has 0 atom stereocenters. The summed E-state index contributed by atoms with van der Waals surface area (Å²) in [7, 11) is 0. The number of hydrogen-bond acceptors (Lipinski definition) is 2. The van der Waals surface area contributed by atoms with Gasteiger partial charge in [-0.15, -0.1) is 0 Å². The maximum absolute atomic E-state index is 14.4. The highest BCUT2D eigenvalue weighted by molar-refractivity contribution is 6.09. The first-order chi connectivity index (χ1) is 9.49. The molecule has 1 aromatic rings. The second-order valence-corrected chi connectivity index (χ2v) is 5.97. The Hall–Kier alpha value is -1.64. The molecule has 0 spiro atoms. The molecule has 0 saturated heterocycles. The van der Waals surface area contributed by atoms with E-state index in [-0.39, 0.29) is 17.3 Å². The van der Waals surface area contributed by atoms with E-state index >= 15 is 0 Å². The van der Waals surface area contributed by atoms with Crippen LogP contribution in [0.1, 0.15) is 43.7 Å². The van der Waals surface area contributed by atoms with Crippen LogP contribution in [0.3, 0.4) is 0 Å². The molecule has 0 aromatic heterocycles. The summed E-state index contributed by atoms with van der Waals surface area (Å²) >= 11 is 0. The molecule has 0 amide bonds. The zero-order valence-electron chi connectivity index (χ0n) is 12.2. The summed E-state index contributed by atoms with van der Waals surface area (Å²) in [6.45, 7) is 4.16. The second-order valence-electron chi connectivity index (χ2n) is 5.97. The van der Waals surface area contributed by atoms with Gasteiger partial charge < -0.3 is 5.73 Å². The molecule has 2 nitrogen and oxygen atoms in total. The molecular formula is C17H23FN2. The van der Waals surface area contributed by atoms with Gasteiger partial charge in [0.1, 0.15) is 0 Å². The molecule has 2 rings (SSSR count). The van der Waals surface area contributed by atoms with Crippen LogP contribution in [0, 0.1) is 24.2 Å². The number of aryl methyl sites for hydroxylation is 1. The Labute approximate surface area is 120 Å². The fourth-order valence-corrected chi connectivity index (χ4v) is 2.82. The first-order valence-corrected chi connectivity index (χ1v) is 7.30. The summed E-state index contributed by atoms with van der Waals surface area (Å²) in [5, 5.41) is 8.01. The van der Waals surface area contributed by atoms with Gasteiger partial charge >= 0.3 is 0 Å². The smallest absolute Gasteiger partial charge is 0.167 e. The Morgan fingerprint density at radius 1 is 1.25 bits per heavy atom. The lowest BCUT2D eigenvalue weighted by Crippen LogP contribution is -2.21. The second kappa shape index (κ2) is 6.21. The number of hydrogen-bond donors (Lipinski definition) is 2. The van der Waals surface area contributed by atoms with Crippen molar-refractivity contribution >= 4 is 5.71 Å². The number of nitrogens with two attached hydrogens (primary N) is 1. The van der Waals surface area contributed by atoms with Crippen molar-refractivity contribution in [1.82, 2.24) is 0 Å². The van der Waals surface area contributed by atoms with Crippen molar-refractivity contribution in [2.24, 2.45) is 17.6 Å². The minimum atomic E-state index is -0.546. The minimum absolute atomic E-state index is 0.0928. The molecular weight excluding hydrogens is 251 g/mol. The molecule has 108 valence electrons. The van der Waals surface area contributed by atoms with Gasteiger partial charge in [0.05, 0.1) is 5.71 Å². The number of benzene rings is 1. The van der Waals surface area contributed by atoms with E-state index < -0.39 is 5.83 Å². The molecule has 3 N–H and O–H groups in total. The molecule has 0 heterocycles. The molecule has 1 fully saturated rings. The highest BCUT2D eigenvalue weighted by Crippen LogP contribution is 2.33. The van der Waals surface area contributed by atoms with Crippen LogP contribution < -0.4 is 5.73 Å². The molecule has 1 aliphatic rings. The van der Waals surface area contributed by atoms with E-state index in [1.807, 2.05) is 25.1 Å². The van der Waals surface area contributed by atoms with E-state index in [0.29, 0.717) is 11.5 Å². The van der Waals surface area contributed by atoms with Crippen molar-refractivity contribution in [3.05, 3.63) is 46.9 Å². The molecule has 3 heteroatoms. The summed E-state index contributed by atoms with van der Waals surface area (Å²) in [5.41, 5.74) is 7.76. The van der Waals surface area contributed by atoms with Gasteiger partial charge in [0.25, 0.3) is 0 Å². The molecule has 1 aliphatic carbocycles. The standard InChI is InChI=1S/C17H23FN2/c1-11-6-8-13(9-7-11)16(19)15(18)17(20)14-5-3-4-12(2)10-14/h3-5,10-11,13,20H,6-9,19H2,1-2H3/b16-15+,20-17?. The van der Waals surface area contributed by atoms with Gasteiger partial charge in [0.2, 0.25) is 0 Å². The topological polar surface area (TPSA) is 49.9 Å². The zero-order chi connectivity index (χ0) is 14.7. The van der Waals surface area contributed by atoms with Crippen molar-refractivity contribution in [3.8, 4) is 0 Å². The quantitative estimate of drug-likeness (QED) is 0.792. The van der Waals surface area contributed by atoms with E-state index in [0.717, 1.165) is 31.2 Å². The van der Waals surface area contributed by atoms with Crippen LogP contribution in [-0.4, -0.2) is 5.71 Å². The predicted molar refractivity (Wildman–Crippen MR) is 81.5 cm³/mol. The Balaban J connectivity index is 2.18. The van der Waals surface area contributed by atoms with E-state index in [2.05, 4.69) is 6.92 Å². The zero-order valence-corrected chi connectivity index (χ0v) is 12.2. The first kappa shape index (κ1) is 14.8. The third-order valence-electron chi connectivity index (χ3n) is 4.24. The van der Waals surface area contributed by atoms with Crippen LogP contribution in [-0.2, 0) is 0 Å². The SMILES string of the molecule is Cc1cccc(C(=N)/C(F)=C(\N)C2CCC(C)CC2)c1. The number of rotatable bonds is 3. The third kappa shape index (κ3) is 3.27. The maximum Gasteiger partial charge on any atom is 0.167 e. The average Bonchev–Trinajstić information content (AvgIpc) is 2.46. The predicted octanol–water partition coefficient (Wildman–Crippen LogP) is 4.33. The van der Waals surface area contributed by atoms with Crippen LogP contribution in [0.4, 0.5) is 4.39 Å². The highest BCUT2D eigenvalue weighted by Gasteiger charge is 2.24. The first-order valence-electron chi connectivity index (χ1n) is 7.30. The maximum atomic E-state index is 14.4. The number of allylic oxidation sites excluding steroid dienone is 2. The van der Waals surface area contributed by atoms with Crippen LogP contribution in [0.15, 0.2) is 35.8 Å². The third-order valence-corrected chi connectivity index (χ3v) is 4.24. The summed E-state index contributed by atoms with van der Waals surface area (Å²) in [6, 6.07) is 7.35. The van der Waals surface area contributed by atoms with Crippen molar-refractivity contribution < 1.29 is 4.39 Å². The van der Waals surface area contributed by atoms with E-state index in [4.69, 9.17) is 11.1 Å². The summed E-state index contributed by atoms with van der Waals surface area (Å²) < 4.78 is 14.4. The van der Waals surface area contributed by atoms with Crippen molar-refractivity contribution in [1.29, 1.82) is 5.41 Å². The lowest BCUT2D eigenvalue weighted by molar-refractivity contribution is 0.315. The van der Waals surface area contributed by atoms with Gasteiger partial charge in [0.15, 0.2) is 5.83 Å². The molecule has 0 bridgehead atoms. The lowest BCUT2D eigenvalue weighted by atomic mass is 9.81. The average molecular weight is 274 g/mol. The molecule has 0 radical (unpaired) electrons. The minimum Gasteiger partial charge on any atom is -0.399 e. The van der Waals surface area contributed by atoms with Crippen molar-refractivity contribution in [3.63, 3.8) is 0 Å². The summed E-state index contributed by atoms with van der Waals surface area (Å²) in [4.78, 5) is 0. The van der Waals surface area contributed by atoms with Gasteiger partial charge in [0, 0.05) is 17.2 Å². The normalized spacial score (nSPS) is 24.1. The van der Waals surface area contributed by atoms with Crippen molar-refractivity contribution in [2.75, 3.05) is 0 Å². The molecule has 0 unspecified atom stereocenters. The molecule has 0 aliphatic heterocycles. The molecule has 1 saturated carbocycles. The van der Waals surface area contributed by atoms with Crippen LogP contribution in [0.25, 0.3) is 0 Å². The number of nitrogens with one attached hydrogen (secondary N) is 1. The van der Waals surface area contributed by atoms with Gasteiger partial charge in [-0.1, -0.05) is 43.5 Å². The highest BCUT2D eigenvalue weighted by atomic mass is 19.1. The van der Waals surface area contributed by atoms with Crippen LogP contribution in [0.5, 0.6) is 0 Å². The largest absolute Gasteiger partial charge is 0.399 e. The van der Waals surface area contributed by atoms with Gasteiger partial charge in [-0.05, 0) is 31.7 Å². The van der Waals surface area contributed by atoms with E-state index in [1.54, 1.807) is 6.07 Å². The Bertz CT molecular complexity index is 526. The molecule has 20 heavy (non-hydrogen) atoms. The fourth-order valence-electron chi connectivity index (χ4n) is 2.82. The van der Waals surface area contributed by atoms with Gasteiger partial charge in [-0.3, -0.25) is 5.41 Å². The van der Waals surface area contributed by atoms with Crippen LogP contribution in [0.2, 0.25) is 0 Å². The van der Waals surface area contributed by atoms with Crippen LogP contribution >= 0.6 is 0 Å². The Morgan fingerprint density at radius 2 is 1.90 bits per heavy atom.